The highest BCUT2D eigenvalue weighted by Crippen LogP contribution is 2.41. The van der Waals surface area contributed by atoms with E-state index in [0.717, 1.165) is 25.9 Å². The van der Waals surface area contributed by atoms with Gasteiger partial charge < -0.3 is 9.80 Å². The summed E-state index contributed by atoms with van der Waals surface area (Å²) in [6, 6.07) is -0.162. The number of carbonyl (C=O) groups is 2. The first-order valence-corrected chi connectivity index (χ1v) is 9.01. The highest BCUT2D eigenvalue weighted by Gasteiger charge is 2.42. The number of rotatable bonds is 3. The van der Waals surface area contributed by atoms with E-state index in [1.807, 2.05) is 21.6 Å². The van der Waals surface area contributed by atoms with Crippen molar-refractivity contribution < 1.29 is 9.59 Å². The largest absolute Gasteiger partial charge is 0.339 e. The Morgan fingerprint density at radius 2 is 1.95 bits per heavy atom. The molecule has 112 valence electrons. The highest BCUT2D eigenvalue weighted by molar-refractivity contribution is 8.00. The van der Waals surface area contributed by atoms with Crippen molar-refractivity contribution in [2.75, 3.05) is 25.9 Å². The summed E-state index contributed by atoms with van der Waals surface area (Å²) < 4.78 is 0.243. The average Bonchev–Trinajstić information content (AvgIpc) is 3.09. The van der Waals surface area contributed by atoms with Gasteiger partial charge in [-0.15, -0.1) is 0 Å². The van der Waals surface area contributed by atoms with E-state index in [0.29, 0.717) is 13.0 Å². The van der Waals surface area contributed by atoms with Gasteiger partial charge in [0.1, 0.15) is 6.04 Å². The third-order valence-corrected chi connectivity index (χ3v) is 6.60. The minimum Gasteiger partial charge on any atom is -0.339 e. The minimum atomic E-state index is -0.162. The first kappa shape index (κ1) is 14.2. The first-order valence-electron chi connectivity index (χ1n) is 7.79. The van der Waals surface area contributed by atoms with E-state index >= 15 is 0 Å². The fraction of sp³-hybridized carbons (Fsp3) is 0.867. The maximum atomic E-state index is 12.7. The SMILES string of the molecule is CSC1(CN2CCC(=O)N3CCCC3C2=O)CCCC1. The Kier molecular flexibility index (Phi) is 3.98. The second kappa shape index (κ2) is 5.58. The summed E-state index contributed by atoms with van der Waals surface area (Å²) in [4.78, 5) is 28.7. The Morgan fingerprint density at radius 3 is 2.65 bits per heavy atom. The molecule has 0 bridgehead atoms. The van der Waals surface area contributed by atoms with Crippen LogP contribution in [0.25, 0.3) is 0 Å². The average molecular weight is 296 g/mol. The molecule has 3 fully saturated rings. The van der Waals surface area contributed by atoms with Crippen LogP contribution in [0.5, 0.6) is 0 Å². The number of amides is 2. The summed E-state index contributed by atoms with van der Waals surface area (Å²) in [5.41, 5.74) is 0. The molecule has 1 saturated carbocycles. The molecule has 2 heterocycles. The number of nitrogens with zero attached hydrogens (tertiary/aromatic N) is 2. The van der Waals surface area contributed by atoms with Gasteiger partial charge in [0.2, 0.25) is 11.8 Å². The molecule has 4 nitrogen and oxygen atoms in total. The van der Waals surface area contributed by atoms with Gasteiger partial charge in [0.25, 0.3) is 0 Å². The maximum absolute atomic E-state index is 12.7. The molecule has 3 rings (SSSR count). The van der Waals surface area contributed by atoms with Gasteiger partial charge in [0, 0.05) is 30.8 Å². The van der Waals surface area contributed by atoms with E-state index in [1.54, 1.807) is 0 Å². The Morgan fingerprint density at radius 1 is 1.20 bits per heavy atom. The lowest BCUT2D eigenvalue weighted by molar-refractivity contribution is -0.139. The normalized spacial score (nSPS) is 29.8. The maximum Gasteiger partial charge on any atom is 0.245 e. The first-order chi connectivity index (χ1) is 9.65. The van der Waals surface area contributed by atoms with E-state index < -0.39 is 0 Å². The molecular weight excluding hydrogens is 272 g/mol. The van der Waals surface area contributed by atoms with E-state index in [9.17, 15) is 9.59 Å². The van der Waals surface area contributed by atoms with Crippen molar-refractivity contribution in [3.8, 4) is 0 Å². The van der Waals surface area contributed by atoms with Crippen molar-refractivity contribution in [3.05, 3.63) is 0 Å². The zero-order valence-electron chi connectivity index (χ0n) is 12.3. The topological polar surface area (TPSA) is 40.6 Å². The van der Waals surface area contributed by atoms with Crippen LogP contribution in [0.3, 0.4) is 0 Å². The quantitative estimate of drug-likeness (QED) is 0.798. The molecule has 1 atom stereocenters. The molecule has 2 aliphatic heterocycles. The molecule has 0 N–H and O–H groups in total. The number of thioether (sulfide) groups is 1. The molecule has 0 aromatic heterocycles. The van der Waals surface area contributed by atoms with Crippen LogP contribution >= 0.6 is 11.8 Å². The fourth-order valence-electron chi connectivity index (χ4n) is 3.97. The van der Waals surface area contributed by atoms with Crippen LogP contribution < -0.4 is 0 Å². The van der Waals surface area contributed by atoms with Crippen LogP contribution in [0.15, 0.2) is 0 Å². The van der Waals surface area contributed by atoms with Gasteiger partial charge in [0.05, 0.1) is 0 Å². The Hall–Kier alpha value is -0.710. The van der Waals surface area contributed by atoms with E-state index in [1.165, 1.54) is 25.7 Å². The second-order valence-corrected chi connectivity index (χ2v) is 7.62. The van der Waals surface area contributed by atoms with Crippen LogP contribution in [0.1, 0.15) is 44.9 Å². The third kappa shape index (κ3) is 2.45. The molecule has 0 radical (unpaired) electrons. The Bertz CT molecular complexity index is 407. The van der Waals surface area contributed by atoms with Crippen LogP contribution in [-0.2, 0) is 9.59 Å². The lowest BCUT2D eigenvalue weighted by Crippen LogP contribution is -2.48. The van der Waals surface area contributed by atoms with Crippen molar-refractivity contribution in [1.29, 1.82) is 0 Å². The van der Waals surface area contributed by atoms with Gasteiger partial charge in [0.15, 0.2) is 0 Å². The molecule has 0 aromatic carbocycles. The lowest BCUT2D eigenvalue weighted by Gasteiger charge is -2.34. The van der Waals surface area contributed by atoms with Crippen molar-refractivity contribution >= 4 is 23.6 Å². The predicted octanol–water partition coefficient (Wildman–Crippen LogP) is 1.89. The Balaban J connectivity index is 1.75. The lowest BCUT2D eigenvalue weighted by atomic mass is 10.1. The van der Waals surface area contributed by atoms with Gasteiger partial charge in [-0.25, -0.2) is 0 Å². The molecule has 3 aliphatic rings. The smallest absolute Gasteiger partial charge is 0.245 e. The van der Waals surface area contributed by atoms with E-state index in [4.69, 9.17) is 0 Å². The summed E-state index contributed by atoms with van der Waals surface area (Å²) in [7, 11) is 0. The summed E-state index contributed by atoms with van der Waals surface area (Å²) >= 11 is 1.92. The molecule has 2 saturated heterocycles. The molecular formula is C15H24N2O2S. The zero-order valence-corrected chi connectivity index (χ0v) is 13.1. The summed E-state index contributed by atoms with van der Waals surface area (Å²) in [5.74, 6) is 0.377. The summed E-state index contributed by atoms with van der Waals surface area (Å²) in [6.45, 7) is 2.23. The predicted molar refractivity (Wildman–Crippen MR) is 80.6 cm³/mol. The molecule has 0 spiro atoms. The zero-order chi connectivity index (χ0) is 14.2. The van der Waals surface area contributed by atoms with E-state index in [2.05, 4.69) is 6.26 Å². The van der Waals surface area contributed by atoms with Crippen molar-refractivity contribution in [2.24, 2.45) is 0 Å². The number of carbonyl (C=O) groups excluding carboxylic acids is 2. The van der Waals surface area contributed by atoms with Gasteiger partial charge in [-0.3, -0.25) is 9.59 Å². The third-order valence-electron chi connectivity index (χ3n) is 5.19. The number of fused-ring (bicyclic) bond motifs is 1. The molecule has 0 aromatic rings. The van der Waals surface area contributed by atoms with E-state index in [-0.39, 0.29) is 22.6 Å². The number of hydrogen-bond acceptors (Lipinski definition) is 3. The van der Waals surface area contributed by atoms with Gasteiger partial charge in [-0.1, -0.05) is 12.8 Å². The molecule has 1 aliphatic carbocycles. The van der Waals surface area contributed by atoms with Gasteiger partial charge in [-0.2, -0.15) is 11.8 Å². The summed E-state index contributed by atoms with van der Waals surface area (Å²) in [5, 5.41) is 0. The van der Waals surface area contributed by atoms with Crippen molar-refractivity contribution in [2.45, 2.75) is 55.7 Å². The molecule has 5 heteroatoms. The molecule has 2 amide bonds. The summed E-state index contributed by atoms with van der Waals surface area (Å²) in [6.07, 6.45) is 9.47. The van der Waals surface area contributed by atoms with Crippen LogP contribution in [0, 0.1) is 0 Å². The van der Waals surface area contributed by atoms with Crippen molar-refractivity contribution in [3.63, 3.8) is 0 Å². The van der Waals surface area contributed by atoms with Crippen LogP contribution in [0.2, 0.25) is 0 Å². The van der Waals surface area contributed by atoms with Crippen LogP contribution in [0.4, 0.5) is 0 Å². The highest BCUT2D eigenvalue weighted by atomic mass is 32.2. The van der Waals surface area contributed by atoms with Crippen LogP contribution in [-0.4, -0.2) is 58.3 Å². The van der Waals surface area contributed by atoms with Gasteiger partial charge >= 0.3 is 0 Å². The standard InChI is InChI=1S/C15H24N2O2S/c1-20-15(7-2-3-8-15)11-16-10-6-13(18)17-9-4-5-12(17)14(16)19/h12H,2-11H2,1H3. The van der Waals surface area contributed by atoms with Gasteiger partial charge in [-0.05, 0) is 31.9 Å². The second-order valence-electron chi connectivity index (χ2n) is 6.35. The Labute approximate surface area is 125 Å². The monoisotopic (exact) mass is 296 g/mol. The molecule has 20 heavy (non-hydrogen) atoms. The minimum absolute atomic E-state index is 0.162. The number of hydrogen-bond donors (Lipinski definition) is 0. The van der Waals surface area contributed by atoms with Crippen molar-refractivity contribution in [1.82, 2.24) is 9.80 Å². The molecule has 1 unspecified atom stereocenters. The fourth-order valence-corrected chi connectivity index (χ4v) is 4.95.